The number of anilines is 1. The highest BCUT2D eigenvalue weighted by Gasteiger charge is 2.14. The highest BCUT2D eigenvalue weighted by molar-refractivity contribution is 7.92. The second kappa shape index (κ2) is 6.31. The second-order valence-corrected chi connectivity index (χ2v) is 7.07. The largest absolute Gasteiger partial charge is 0.280 e. The fraction of sp³-hybridized carbons (Fsp3) is 0.294. The van der Waals surface area contributed by atoms with E-state index in [9.17, 15) is 8.42 Å². The van der Waals surface area contributed by atoms with Crippen LogP contribution in [0.4, 0.5) is 5.69 Å². The summed E-state index contributed by atoms with van der Waals surface area (Å²) in [6.45, 7) is 6.20. The lowest BCUT2D eigenvalue weighted by Gasteiger charge is -2.10. The zero-order valence-corrected chi connectivity index (χ0v) is 13.4. The van der Waals surface area contributed by atoms with Gasteiger partial charge in [0.25, 0.3) is 10.0 Å². The van der Waals surface area contributed by atoms with Crippen LogP contribution in [0.25, 0.3) is 0 Å². The molecule has 0 aliphatic carbocycles. The summed E-state index contributed by atoms with van der Waals surface area (Å²) in [5.74, 6) is 0.385. The van der Waals surface area contributed by atoms with Gasteiger partial charge in [0.15, 0.2) is 0 Å². The molecule has 0 fully saturated rings. The average Bonchev–Trinajstić information content (AvgIpc) is 2.47. The topological polar surface area (TPSA) is 46.2 Å². The van der Waals surface area contributed by atoms with Gasteiger partial charge in [-0.15, -0.1) is 0 Å². The predicted octanol–water partition coefficient (Wildman–Crippen LogP) is 4.17. The first-order valence-corrected chi connectivity index (χ1v) is 8.62. The van der Waals surface area contributed by atoms with E-state index in [1.807, 2.05) is 37.3 Å². The maximum atomic E-state index is 12.4. The van der Waals surface area contributed by atoms with Crippen molar-refractivity contribution in [2.75, 3.05) is 4.72 Å². The Labute approximate surface area is 127 Å². The number of sulfonamides is 1. The summed E-state index contributed by atoms with van der Waals surface area (Å²) < 4.78 is 27.4. The van der Waals surface area contributed by atoms with Crippen LogP contribution in [0.5, 0.6) is 0 Å². The highest BCUT2D eigenvalue weighted by Crippen LogP contribution is 2.20. The quantitative estimate of drug-likeness (QED) is 0.901. The molecule has 0 aliphatic heterocycles. The molecule has 0 saturated heterocycles. The van der Waals surface area contributed by atoms with Crippen molar-refractivity contribution in [1.82, 2.24) is 0 Å². The van der Waals surface area contributed by atoms with Crippen molar-refractivity contribution in [2.45, 2.75) is 38.0 Å². The van der Waals surface area contributed by atoms with E-state index in [0.717, 1.165) is 17.5 Å². The molecule has 2 aromatic rings. The fourth-order valence-corrected chi connectivity index (χ4v) is 3.15. The van der Waals surface area contributed by atoms with Gasteiger partial charge in [-0.3, -0.25) is 4.72 Å². The van der Waals surface area contributed by atoms with Crippen molar-refractivity contribution in [3.05, 3.63) is 59.7 Å². The summed E-state index contributed by atoms with van der Waals surface area (Å²) in [5, 5.41) is 0. The first kappa shape index (κ1) is 15.6. The van der Waals surface area contributed by atoms with Gasteiger partial charge in [0, 0.05) is 5.69 Å². The molecule has 0 spiro atoms. The van der Waals surface area contributed by atoms with Crippen LogP contribution in [0, 0.1) is 0 Å². The lowest BCUT2D eigenvalue weighted by molar-refractivity contribution is 0.601. The van der Waals surface area contributed by atoms with Gasteiger partial charge < -0.3 is 0 Å². The van der Waals surface area contributed by atoms with Gasteiger partial charge >= 0.3 is 0 Å². The van der Waals surface area contributed by atoms with E-state index in [0.29, 0.717) is 11.6 Å². The molecule has 0 amide bonds. The standard InChI is InChI=1S/C17H21NO2S/c1-4-14-6-5-7-16(12-14)18-21(19,20)17-10-8-15(9-11-17)13(2)3/h5-13,18H,4H2,1-3H3. The third-order valence-corrected chi connectivity index (χ3v) is 4.84. The Bertz CT molecular complexity index is 704. The van der Waals surface area contributed by atoms with E-state index in [2.05, 4.69) is 18.6 Å². The molecule has 112 valence electrons. The highest BCUT2D eigenvalue weighted by atomic mass is 32.2. The van der Waals surface area contributed by atoms with Gasteiger partial charge in [-0.2, -0.15) is 0 Å². The summed E-state index contributed by atoms with van der Waals surface area (Å²) in [4.78, 5) is 0.286. The molecule has 0 saturated carbocycles. The maximum Gasteiger partial charge on any atom is 0.261 e. The third-order valence-electron chi connectivity index (χ3n) is 3.44. The molecule has 0 radical (unpaired) electrons. The van der Waals surface area contributed by atoms with Crippen LogP contribution < -0.4 is 4.72 Å². The van der Waals surface area contributed by atoms with Gasteiger partial charge in [-0.1, -0.05) is 45.0 Å². The zero-order chi connectivity index (χ0) is 15.5. The van der Waals surface area contributed by atoms with Crippen molar-refractivity contribution in [1.29, 1.82) is 0 Å². The SMILES string of the molecule is CCc1cccc(NS(=O)(=O)c2ccc(C(C)C)cc2)c1. The molecule has 2 rings (SSSR count). The molecule has 0 atom stereocenters. The van der Waals surface area contributed by atoms with Crippen molar-refractivity contribution in [3.63, 3.8) is 0 Å². The Balaban J connectivity index is 2.25. The molecule has 0 heterocycles. The predicted molar refractivity (Wildman–Crippen MR) is 87.2 cm³/mol. The lowest BCUT2D eigenvalue weighted by atomic mass is 10.0. The minimum Gasteiger partial charge on any atom is -0.280 e. The first-order valence-electron chi connectivity index (χ1n) is 7.14. The second-order valence-electron chi connectivity index (χ2n) is 5.38. The molecule has 0 unspecified atom stereocenters. The number of aryl methyl sites for hydroxylation is 1. The lowest BCUT2D eigenvalue weighted by Crippen LogP contribution is -2.13. The summed E-state index contributed by atoms with van der Waals surface area (Å²) in [5.41, 5.74) is 2.83. The number of hydrogen-bond donors (Lipinski definition) is 1. The summed E-state index contributed by atoms with van der Waals surface area (Å²) >= 11 is 0. The van der Waals surface area contributed by atoms with Crippen LogP contribution in [0.1, 0.15) is 37.8 Å². The molecule has 0 bridgehead atoms. The van der Waals surface area contributed by atoms with Gasteiger partial charge in [-0.05, 0) is 47.7 Å². The Morgan fingerprint density at radius 1 is 1.05 bits per heavy atom. The van der Waals surface area contributed by atoms with Crippen LogP contribution in [0.15, 0.2) is 53.4 Å². The molecule has 1 N–H and O–H groups in total. The van der Waals surface area contributed by atoms with Crippen molar-refractivity contribution in [3.8, 4) is 0 Å². The monoisotopic (exact) mass is 303 g/mol. The number of hydrogen-bond acceptors (Lipinski definition) is 2. The Hall–Kier alpha value is -1.81. The Kier molecular flexibility index (Phi) is 4.68. The van der Waals surface area contributed by atoms with E-state index in [1.54, 1.807) is 18.2 Å². The number of rotatable bonds is 5. The van der Waals surface area contributed by atoms with Gasteiger partial charge in [-0.25, -0.2) is 8.42 Å². The minimum absolute atomic E-state index is 0.286. The maximum absolute atomic E-state index is 12.4. The summed E-state index contributed by atoms with van der Waals surface area (Å²) in [6, 6.07) is 14.5. The molecular formula is C17H21NO2S. The molecule has 4 heteroatoms. The van der Waals surface area contributed by atoms with Gasteiger partial charge in [0.05, 0.1) is 4.90 Å². The van der Waals surface area contributed by atoms with Crippen LogP contribution in [0.3, 0.4) is 0 Å². The van der Waals surface area contributed by atoms with Gasteiger partial charge in [0.2, 0.25) is 0 Å². The zero-order valence-electron chi connectivity index (χ0n) is 12.6. The van der Waals surface area contributed by atoms with E-state index < -0.39 is 10.0 Å². The normalized spacial score (nSPS) is 11.6. The third kappa shape index (κ3) is 3.85. The number of benzene rings is 2. The summed E-state index contributed by atoms with van der Waals surface area (Å²) in [6.07, 6.45) is 0.874. The molecule has 2 aromatic carbocycles. The Morgan fingerprint density at radius 3 is 2.29 bits per heavy atom. The van der Waals surface area contributed by atoms with Crippen LogP contribution in [-0.2, 0) is 16.4 Å². The Morgan fingerprint density at radius 2 is 1.71 bits per heavy atom. The van der Waals surface area contributed by atoms with Crippen LogP contribution in [0.2, 0.25) is 0 Å². The molecule has 0 aromatic heterocycles. The van der Waals surface area contributed by atoms with E-state index in [-0.39, 0.29) is 4.90 Å². The van der Waals surface area contributed by atoms with Crippen molar-refractivity contribution >= 4 is 15.7 Å². The van der Waals surface area contributed by atoms with Crippen molar-refractivity contribution < 1.29 is 8.42 Å². The number of nitrogens with one attached hydrogen (secondary N) is 1. The smallest absolute Gasteiger partial charge is 0.261 e. The van der Waals surface area contributed by atoms with E-state index in [4.69, 9.17) is 0 Å². The summed E-state index contributed by atoms with van der Waals surface area (Å²) in [7, 11) is -3.53. The molecular weight excluding hydrogens is 282 g/mol. The molecule has 3 nitrogen and oxygen atoms in total. The minimum atomic E-state index is -3.53. The van der Waals surface area contributed by atoms with Gasteiger partial charge in [0.1, 0.15) is 0 Å². The van der Waals surface area contributed by atoms with E-state index >= 15 is 0 Å². The van der Waals surface area contributed by atoms with Crippen molar-refractivity contribution in [2.24, 2.45) is 0 Å². The fourth-order valence-electron chi connectivity index (χ4n) is 2.10. The molecule has 0 aliphatic rings. The van der Waals surface area contributed by atoms with E-state index in [1.165, 1.54) is 0 Å². The average molecular weight is 303 g/mol. The first-order chi connectivity index (χ1) is 9.92. The molecule has 21 heavy (non-hydrogen) atoms. The van der Waals surface area contributed by atoms with Crippen LogP contribution >= 0.6 is 0 Å². The van der Waals surface area contributed by atoms with Crippen LogP contribution in [-0.4, -0.2) is 8.42 Å².